The van der Waals surface area contributed by atoms with E-state index in [2.05, 4.69) is 69.4 Å². The number of carbonyl (C=O) groups is 3. The molecule has 0 heterocycles. The fourth-order valence-electron chi connectivity index (χ4n) is 8.32. The van der Waals surface area contributed by atoms with E-state index in [-0.39, 0.29) is 37.5 Å². The molecule has 0 amide bonds. The lowest BCUT2D eigenvalue weighted by atomic mass is 10.0. The monoisotopic (exact) mass is 925 g/mol. The summed E-state index contributed by atoms with van der Waals surface area (Å²) in [6, 6.07) is 0. The minimum atomic E-state index is -0.789. The van der Waals surface area contributed by atoms with Gasteiger partial charge in [-0.15, -0.1) is 0 Å². The molecular formula is C60H108O6. The molecule has 0 rings (SSSR count). The Kier molecular flexibility index (Phi) is 52.8. The van der Waals surface area contributed by atoms with Gasteiger partial charge >= 0.3 is 17.9 Å². The van der Waals surface area contributed by atoms with Crippen LogP contribution in [-0.4, -0.2) is 37.2 Å². The third-order valence-electron chi connectivity index (χ3n) is 12.6. The summed E-state index contributed by atoms with van der Waals surface area (Å²) in [7, 11) is 0. The summed E-state index contributed by atoms with van der Waals surface area (Å²) in [6.07, 6.45) is 67.3. The molecule has 1 atom stereocenters. The van der Waals surface area contributed by atoms with Crippen LogP contribution in [0.2, 0.25) is 0 Å². The van der Waals surface area contributed by atoms with E-state index in [4.69, 9.17) is 14.2 Å². The SMILES string of the molecule is CC/C=C\C/C=C\C/C=C\C/C=C\CCCCC(=O)OC(COC(=O)CCCCCCCC)COC(=O)CCCCCCCCCCCCCCCCCCCCCCCCCCCCC. The van der Waals surface area contributed by atoms with Crippen molar-refractivity contribution in [2.45, 2.75) is 303 Å². The van der Waals surface area contributed by atoms with E-state index in [1.54, 1.807) is 0 Å². The molecule has 0 aliphatic rings. The second-order valence-corrected chi connectivity index (χ2v) is 19.2. The van der Waals surface area contributed by atoms with E-state index in [9.17, 15) is 14.4 Å². The predicted molar refractivity (Wildman–Crippen MR) is 284 cm³/mol. The van der Waals surface area contributed by atoms with Crippen molar-refractivity contribution in [3.05, 3.63) is 48.6 Å². The zero-order valence-electron chi connectivity index (χ0n) is 44.0. The first-order chi connectivity index (χ1) is 32.5. The molecule has 66 heavy (non-hydrogen) atoms. The van der Waals surface area contributed by atoms with E-state index in [1.807, 2.05) is 0 Å². The molecule has 1 unspecified atom stereocenters. The Morgan fingerprint density at radius 3 is 0.924 bits per heavy atom. The summed E-state index contributed by atoms with van der Waals surface area (Å²) < 4.78 is 16.7. The van der Waals surface area contributed by atoms with Crippen LogP contribution in [0, 0.1) is 0 Å². The third kappa shape index (κ3) is 52.3. The van der Waals surface area contributed by atoms with Crippen molar-refractivity contribution in [1.29, 1.82) is 0 Å². The molecule has 0 fully saturated rings. The number of hydrogen-bond acceptors (Lipinski definition) is 6. The molecular weight excluding hydrogens is 817 g/mol. The maximum absolute atomic E-state index is 12.7. The fraction of sp³-hybridized carbons (Fsp3) is 0.817. The Labute approximate surface area is 409 Å². The van der Waals surface area contributed by atoms with Gasteiger partial charge in [0.1, 0.15) is 13.2 Å². The quantitative estimate of drug-likeness (QED) is 0.0262. The van der Waals surface area contributed by atoms with Gasteiger partial charge in [0.05, 0.1) is 0 Å². The lowest BCUT2D eigenvalue weighted by molar-refractivity contribution is -0.167. The largest absolute Gasteiger partial charge is 0.462 e. The molecule has 0 aromatic carbocycles. The predicted octanol–water partition coefficient (Wildman–Crippen LogP) is 19.0. The minimum absolute atomic E-state index is 0.0870. The molecule has 0 aliphatic carbocycles. The Bertz CT molecular complexity index is 1150. The van der Waals surface area contributed by atoms with Crippen LogP contribution >= 0.6 is 0 Å². The van der Waals surface area contributed by atoms with E-state index < -0.39 is 6.10 Å². The maximum Gasteiger partial charge on any atom is 0.306 e. The summed E-state index contributed by atoms with van der Waals surface area (Å²) in [5.41, 5.74) is 0. The number of allylic oxidation sites excluding steroid dienone is 8. The summed E-state index contributed by atoms with van der Waals surface area (Å²) >= 11 is 0. The molecule has 0 aromatic heterocycles. The molecule has 0 radical (unpaired) electrons. The molecule has 384 valence electrons. The van der Waals surface area contributed by atoms with Crippen molar-refractivity contribution >= 4 is 17.9 Å². The number of rotatable bonds is 52. The second-order valence-electron chi connectivity index (χ2n) is 19.2. The van der Waals surface area contributed by atoms with Crippen LogP contribution in [0.25, 0.3) is 0 Å². The Morgan fingerprint density at radius 1 is 0.318 bits per heavy atom. The van der Waals surface area contributed by atoms with Gasteiger partial charge in [-0.2, -0.15) is 0 Å². The first kappa shape index (κ1) is 63.4. The second kappa shape index (κ2) is 55.0. The zero-order chi connectivity index (χ0) is 47.9. The van der Waals surface area contributed by atoms with Crippen LogP contribution in [0.5, 0.6) is 0 Å². The van der Waals surface area contributed by atoms with Crippen molar-refractivity contribution < 1.29 is 28.6 Å². The van der Waals surface area contributed by atoms with Crippen LogP contribution in [0.1, 0.15) is 297 Å². The van der Waals surface area contributed by atoms with Gasteiger partial charge in [-0.3, -0.25) is 14.4 Å². The highest BCUT2D eigenvalue weighted by atomic mass is 16.6. The zero-order valence-corrected chi connectivity index (χ0v) is 44.0. The highest BCUT2D eigenvalue weighted by Gasteiger charge is 2.19. The van der Waals surface area contributed by atoms with Crippen LogP contribution < -0.4 is 0 Å². The Hall–Kier alpha value is -2.63. The van der Waals surface area contributed by atoms with Gasteiger partial charge in [0.2, 0.25) is 0 Å². The topological polar surface area (TPSA) is 78.9 Å². The summed E-state index contributed by atoms with van der Waals surface area (Å²) in [6.45, 7) is 6.46. The summed E-state index contributed by atoms with van der Waals surface area (Å²) in [5.74, 6) is -0.928. The number of esters is 3. The molecule has 0 aliphatic heterocycles. The molecule has 0 saturated carbocycles. The number of carbonyl (C=O) groups excluding carboxylic acids is 3. The Morgan fingerprint density at radius 2 is 0.591 bits per heavy atom. The summed E-state index contributed by atoms with van der Waals surface area (Å²) in [5, 5.41) is 0. The standard InChI is InChI=1S/C60H108O6/c1-4-7-10-13-16-18-20-22-24-25-26-27-28-29-30-31-32-33-34-35-37-38-40-42-44-47-50-53-59(62)65-56-57(55-64-58(61)52-49-46-15-12-9-6-3)66-60(63)54-51-48-45-43-41-39-36-23-21-19-17-14-11-8-5-2/h8,11,17,19,23,36,41,43,57H,4-7,9-10,12-16,18,20-22,24-35,37-40,42,44-56H2,1-3H3/b11-8-,19-17-,36-23-,43-41-. The lowest BCUT2D eigenvalue weighted by Gasteiger charge is -2.18. The van der Waals surface area contributed by atoms with Gasteiger partial charge in [-0.05, 0) is 57.8 Å². The molecule has 6 nitrogen and oxygen atoms in total. The van der Waals surface area contributed by atoms with Crippen LogP contribution in [0.15, 0.2) is 48.6 Å². The van der Waals surface area contributed by atoms with E-state index in [1.165, 1.54) is 173 Å². The van der Waals surface area contributed by atoms with Gasteiger partial charge in [0.25, 0.3) is 0 Å². The highest BCUT2D eigenvalue weighted by Crippen LogP contribution is 2.17. The average molecular weight is 926 g/mol. The Balaban J connectivity index is 4.05. The van der Waals surface area contributed by atoms with Crippen LogP contribution in [0.4, 0.5) is 0 Å². The molecule has 6 heteroatoms. The first-order valence-electron chi connectivity index (χ1n) is 28.6. The molecule has 0 aromatic rings. The molecule has 0 N–H and O–H groups in total. The van der Waals surface area contributed by atoms with E-state index >= 15 is 0 Å². The molecule has 0 spiro atoms. The van der Waals surface area contributed by atoms with E-state index in [0.717, 1.165) is 77.0 Å². The fourth-order valence-corrected chi connectivity index (χ4v) is 8.32. The third-order valence-corrected chi connectivity index (χ3v) is 12.6. The first-order valence-corrected chi connectivity index (χ1v) is 28.6. The highest BCUT2D eigenvalue weighted by molar-refractivity contribution is 5.71. The van der Waals surface area contributed by atoms with Gasteiger partial charge in [0, 0.05) is 19.3 Å². The number of unbranched alkanes of at least 4 members (excludes halogenated alkanes) is 33. The van der Waals surface area contributed by atoms with Gasteiger partial charge in [0.15, 0.2) is 6.10 Å². The van der Waals surface area contributed by atoms with E-state index in [0.29, 0.717) is 19.3 Å². The van der Waals surface area contributed by atoms with Crippen molar-refractivity contribution in [1.82, 2.24) is 0 Å². The maximum atomic E-state index is 12.7. The number of hydrogen-bond donors (Lipinski definition) is 0. The average Bonchev–Trinajstić information content (AvgIpc) is 3.31. The normalized spacial score (nSPS) is 12.3. The smallest absolute Gasteiger partial charge is 0.306 e. The van der Waals surface area contributed by atoms with Crippen molar-refractivity contribution in [2.75, 3.05) is 13.2 Å². The van der Waals surface area contributed by atoms with Crippen molar-refractivity contribution in [3.8, 4) is 0 Å². The van der Waals surface area contributed by atoms with Gasteiger partial charge in [-0.1, -0.05) is 268 Å². The molecule has 0 saturated heterocycles. The van der Waals surface area contributed by atoms with Gasteiger partial charge in [-0.25, -0.2) is 0 Å². The minimum Gasteiger partial charge on any atom is -0.462 e. The van der Waals surface area contributed by atoms with Crippen molar-refractivity contribution in [2.24, 2.45) is 0 Å². The number of ether oxygens (including phenoxy) is 3. The van der Waals surface area contributed by atoms with Crippen LogP contribution in [0.3, 0.4) is 0 Å². The van der Waals surface area contributed by atoms with Gasteiger partial charge < -0.3 is 14.2 Å². The van der Waals surface area contributed by atoms with Crippen molar-refractivity contribution in [3.63, 3.8) is 0 Å². The van der Waals surface area contributed by atoms with Crippen LogP contribution in [-0.2, 0) is 28.6 Å². The molecule has 0 bridgehead atoms. The lowest BCUT2D eigenvalue weighted by Crippen LogP contribution is -2.30. The summed E-state index contributed by atoms with van der Waals surface area (Å²) in [4.78, 5) is 37.8.